The van der Waals surface area contributed by atoms with E-state index in [9.17, 15) is 9.59 Å². The molecule has 1 heterocycles. The van der Waals surface area contributed by atoms with E-state index in [-0.39, 0.29) is 24.3 Å². The minimum Gasteiger partial charge on any atom is -0.486 e. The first-order valence-corrected chi connectivity index (χ1v) is 9.06. The van der Waals surface area contributed by atoms with Crippen LogP contribution >= 0.6 is 0 Å². The first-order valence-electron chi connectivity index (χ1n) is 9.06. The molecule has 1 aliphatic rings. The van der Waals surface area contributed by atoms with Crippen LogP contribution in [0, 0.1) is 0 Å². The summed E-state index contributed by atoms with van der Waals surface area (Å²) >= 11 is 0. The molecule has 0 fully saturated rings. The quantitative estimate of drug-likeness (QED) is 0.849. The zero-order valence-electron chi connectivity index (χ0n) is 15.6. The normalized spacial score (nSPS) is 13.6. The van der Waals surface area contributed by atoms with Crippen molar-refractivity contribution in [1.29, 1.82) is 0 Å². The number of carbonyl (C=O) groups excluding carboxylic acids is 2. The van der Waals surface area contributed by atoms with Gasteiger partial charge in [0, 0.05) is 31.6 Å². The smallest absolute Gasteiger partial charge is 0.226 e. The van der Waals surface area contributed by atoms with Crippen LogP contribution in [0.4, 0.5) is 5.69 Å². The van der Waals surface area contributed by atoms with Crippen LogP contribution in [-0.2, 0) is 9.59 Å². The maximum Gasteiger partial charge on any atom is 0.226 e. The van der Waals surface area contributed by atoms with Gasteiger partial charge >= 0.3 is 0 Å². The number of amides is 2. The zero-order chi connectivity index (χ0) is 19.2. The van der Waals surface area contributed by atoms with Crippen molar-refractivity contribution in [2.24, 2.45) is 0 Å². The summed E-state index contributed by atoms with van der Waals surface area (Å²) in [5, 5.41) is 2.85. The molecule has 0 radical (unpaired) electrons. The average molecular weight is 368 g/mol. The maximum absolute atomic E-state index is 12.3. The van der Waals surface area contributed by atoms with E-state index in [2.05, 4.69) is 5.32 Å². The lowest BCUT2D eigenvalue weighted by atomic mass is 10.1. The second-order valence-corrected chi connectivity index (χ2v) is 6.46. The van der Waals surface area contributed by atoms with Crippen molar-refractivity contribution in [3.8, 4) is 11.5 Å². The van der Waals surface area contributed by atoms with E-state index in [0.717, 1.165) is 5.56 Å². The van der Waals surface area contributed by atoms with Gasteiger partial charge in [0.1, 0.15) is 13.2 Å². The van der Waals surface area contributed by atoms with Gasteiger partial charge in [-0.3, -0.25) is 9.59 Å². The lowest BCUT2D eigenvalue weighted by Crippen LogP contribution is -2.34. The summed E-state index contributed by atoms with van der Waals surface area (Å²) in [7, 11) is 0. The Labute approximate surface area is 159 Å². The van der Waals surface area contributed by atoms with Gasteiger partial charge in [-0.05, 0) is 24.6 Å². The SMILES string of the molecule is CC(=O)N(CCC(=O)Nc1ccc2c(c1)OCCO2)C(C)c1ccccc1. The molecular weight excluding hydrogens is 344 g/mol. The van der Waals surface area contributed by atoms with Crippen LogP contribution in [-0.4, -0.2) is 36.5 Å². The Kier molecular flexibility index (Phi) is 5.96. The molecule has 27 heavy (non-hydrogen) atoms. The Morgan fingerprint density at radius 3 is 2.48 bits per heavy atom. The molecule has 0 bridgehead atoms. The van der Waals surface area contributed by atoms with Crippen LogP contribution in [0.15, 0.2) is 48.5 Å². The topological polar surface area (TPSA) is 67.9 Å². The van der Waals surface area contributed by atoms with Gasteiger partial charge in [0.25, 0.3) is 0 Å². The van der Waals surface area contributed by atoms with Crippen LogP contribution in [0.5, 0.6) is 11.5 Å². The first-order chi connectivity index (χ1) is 13.0. The molecule has 2 amide bonds. The Hall–Kier alpha value is -3.02. The van der Waals surface area contributed by atoms with Gasteiger partial charge in [0.05, 0.1) is 6.04 Å². The monoisotopic (exact) mass is 368 g/mol. The van der Waals surface area contributed by atoms with Gasteiger partial charge in [-0.2, -0.15) is 0 Å². The fourth-order valence-electron chi connectivity index (χ4n) is 3.10. The number of hydrogen-bond donors (Lipinski definition) is 1. The largest absolute Gasteiger partial charge is 0.486 e. The van der Waals surface area contributed by atoms with E-state index in [0.29, 0.717) is 36.9 Å². The second kappa shape index (κ2) is 8.58. The third kappa shape index (κ3) is 4.78. The van der Waals surface area contributed by atoms with Crippen LogP contribution in [0.3, 0.4) is 0 Å². The summed E-state index contributed by atoms with van der Waals surface area (Å²) in [5.41, 5.74) is 1.69. The van der Waals surface area contributed by atoms with Crippen molar-refractivity contribution in [3.63, 3.8) is 0 Å². The van der Waals surface area contributed by atoms with E-state index in [1.54, 1.807) is 23.1 Å². The molecule has 6 nitrogen and oxygen atoms in total. The number of fused-ring (bicyclic) bond motifs is 1. The molecule has 2 aromatic carbocycles. The summed E-state index contributed by atoms with van der Waals surface area (Å²) in [6, 6.07) is 15.0. The van der Waals surface area contributed by atoms with Crippen LogP contribution in [0.1, 0.15) is 31.9 Å². The molecule has 0 saturated heterocycles. The summed E-state index contributed by atoms with van der Waals surface area (Å²) in [6.45, 7) is 4.87. The summed E-state index contributed by atoms with van der Waals surface area (Å²) in [4.78, 5) is 26.1. The Bertz CT molecular complexity index is 807. The van der Waals surface area contributed by atoms with Crippen molar-refractivity contribution in [2.45, 2.75) is 26.3 Å². The first kappa shape index (κ1) is 18.8. The number of carbonyl (C=O) groups is 2. The molecule has 2 aromatic rings. The van der Waals surface area contributed by atoms with Crippen molar-refractivity contribution in [3.05, 3.63) is 54.1 Å². The highest BCUT2D eigenvalue weighted by Gasteiger charge is 2.19. The minimum absolute atomic E-state index is 0.0570. The van der Waals surface area contributed by atoms with Gasteiger partial charge in [0.15, 0.2) is 11.5 Å². The molecule has 142 valence electrons. The molecule has 1 atom stereocenters. The Balaban J connectivity index is 1.59. The predicted molar refractivity (Wildman–Crippen MR) is 103 cm³/mol. The predicted octanol–water partition coefficient (Wildman–Crippen LogP) is 3.40. The lowest BCUT2D eigenvalue weighted by Gasteiger charge is -2.28. The number of hydrogen-bond acceptors (Lipinski definition) is 4. The highest BCUT2D eigenvalue weighted by molar-refractivity contribution is 5.91. The fourth-order valence-corrected chi connectivity index (χ4v) is 3.10. The van der Waals surface area contributed by atoms with Crippen molar-refractivity contribution in [1.82, 2.24) is 4.90 Å². The van der Waals surface area contributed by atoms with Gasteiger partial charge in [-0.25, -0.2) is 0 Å². The molecule has 6 heteroatoms. The molecule has 0 saturated carbocycles. The molecule has 1 unspecified atom stereocenters. The van der Waals surface area contributed by atoms with E-state index in [1.165, 1.54) is 6.92 Å². The third-order valence-corrected chi connectivity index (χ3v) is 4.56. The number of nitrogens with one attached hydrogen (secondary N) is 1. The number of rotatable bonds is 6. The molecule has 0 aliphatic carbocycles. The molecule has 3 rings (SSSR count). The van der Waals surface area contributed by atoms with Crippen molar-refractivity contribution < 1.29 is 19.1 Å². The maximum atomic E-state index is 12.3. The second-order valence-electron chi connectivity index (χ2n) is 6.46. The lowest BCUT2D eigenvalue weighted by molar-refractivity contribution is -0.131. The average Bonchev–Trinajstić information content (AvgIpc) is 2.68. The number of nitrogens with zero attached hydrogens (tertiary/aromatic N) is 1. The number of ether oxygens (including phenoxy) is 2. The number of benzene rings is 2. The van der Waals surface area contributed by atoms with E-state index < -0.39 is 0 Å². The minimum atomic E-state index is -0.154. The number of anilines is 1. The summed E-state index contributed by atoms with van der Waals surface area (Å²) in [6.07, 6.45) is 0.213. The zero-order valence-corrected chi connectivity index (χ0v) is 15.6. The van der Waals surface area contributed by atoms with E-state index in [4.69, 9.17) is 9.47 Å². The van der Waals surface area contributed by atoms with Gasteiger partial charge in [0.2, 0.25) is 11.8 Å². The van der Waals surface area contributed by atoms with Crippen LogP contribution < -0.4 is 14.8 Å². The standard InChI is InChI=1S/C21H24N2O4/c1-15(17-6-4-3-5-7-17)23(16(2)24)11-10-21(25)22-18-8-9-19-20(14-18)27-13-12-26-19/h3-9,14-15H,10-13H2,1-2H3,(H,22,25). The van der Waals surface area contributed by atoms with Crippen LogP contribution in [0.2, 0.25) is 0 Å². The Morgan fingerprint density at radius 1 is 1.07 bits per heavy atom. The van der Waals surface area contributed by atoms with E-state index >= 15 is 0 Å². The van der Waals surface area contributed by atoms with Gasteiger partial charge in [-0.15, -0.1) is 0 Å². The molecule has 0 spiro atoms. The highest BCUT2D eigenvalue weighted by atomic mass is 16.6. The van der Waals surface area contributed by atoms with Gasteiger partial charge in [-0.1, -0.05) is 30.3 Å². The molecule has 1 N–H and O–H groups in total. The fraction of sp³-hybridized carbons (Fsp3) is 0.333. The van der Waals surface area contributed by atoms with Gasteiger partial charge < -0.3 is 19.7 Å². The van der Waals surface area contributed by atoms with Crippen molar-refractivity contribution >= 4 is 17.5 Å². The van der Waals surface area contributed by atoms with E-state index in [1.807, 2.05) is 37.3 Å². The molecular formula is C21H24N2O4. The molecule has 0 aromatic heterocycles. The van der Waals surface area contributed by atoms with Crippen molar-refractivity contribution in [2.75, 3.05) is 25.1 Å². The summed E-state index contributed by atoms with van der Waals surface area (Å²) in [5.74, 6) is 1.09. The third-order valence-electron chi connectivity index (χ3n) is 4.56. The highest BCUT2D eigenvalue weighted by Crippen LogP contribution is 2.32. The van der Waals surface area contributed by atoms with Crippen LogP contribution in [0.25, 0.3) is 0 Å². The Morgan fingerprint density at radius 2 is 1.78 bits per heavy atom. The molecule has 1 aliphatic heterocycles. The summed E-state index contributed by atoms with van der Waals surface area (Å²) < 4.78 is 11.0.